The van der Waals surface area contributed by atoms with Gasteiger partial charge in [0.1, 0.15) is 5.82 Å². The van der Waals surface area contributed by atoms with Crippen LogP contribution in [0.4, 0.5) is 4.39 Å². The van der Waals surface area contributed by atoms with Crippen LogP contribution in [0.5, 0.6) is 0 Å². The van der Waals surface area contributed by atoms with E-state index in [-0.39, 0.29) is 5.82 Å². The summed E-state index contributed by atoms with van der Waals surface area (Å²) in [5.74, 6) is -0.231. The van der Waals surface area contributed by atoms with E-state index in [2.05, 4.69) is 17.2 Å². The maximum absolute atomic E-state index is 13.0. The molecule has 2 rings (SSSR count). The summed E-state index contributed by atoms with van der Waals surface area (Å²) >= 11 is 0. The Kier molecular flexibility index (Phi) is 2.77. The van der Waals surface area contributed by atoms with Crippen LogP contribution < -0.4 is 5.32 Å². The van der Waals surface area contributed by atoms with Gasteiger partial charge in [0.15, 0.2) is 0 Å². The molecule has 1 aliphatic rings. The molecule has 0 unspecified atom stereocenters. The molecule has 0 amide bonds. The summed E-state index contributed by atoms with van der Waals surface area (Å²) in [6.45, 7) is 3.09. The van der Waals surface area contributed by atoms with Gasteiger partial charge in [0, 0.05) is 11.7 Å². The highest BCUT2D eigenvalue weighted by Gasteiger charge is 2.19. The zero-order valence-electron chi connectivity index (χ0n) is 8.39. The van der Waals surface area contributed by atoms with E-state index in [1.165, 1.54) is 12.6 Å². The van der Waals surface area contributed by atoms with Crippen molar-refractivity contribution < 1.29 is 4.39 Å². The Bertz CT molecular complexity index is 319. The van der Waals surface area contributed by atoms with Gasteiger partial charge in [-0.05, 0) is 37.4 Å². The maximum Gasteiger partial charge on any atom is 0.141 e. The largest absolute Gasteiger partial charge is 0.310 e. The second-order valence-corrected chi connectivity index (χ2v) is 3.69. The Morgan fingerprint density at radius 3 is 3.14 bits per heavy atom. The highest BCUT2D eigenvalue weighted by atomic mass is 19.1. The molecule has 0 aromatic carbocycles. The van der Waals surface area contributed by atoms with E-state index in [1.54, 1.807) is 6.07 Å². The smallest absolute Gasteiger partial charge is 0.141 e. The van der Waals surface area contributed by atoms with Crippen LogP contribution in [0.3, 0.4) is 0 Å². The molecule has 1 fully saturated rings. The first-order chi connectivity index (χ1) is 6.81. The predicted octanol–water partition coefficient (Wildman–Crippen LogP) is 2.21. The summed E-state index contributed by atoms with van der Waals surface area (Å²) in [5.41, 5.74) is 2.07. The van der Waals surface area contributed by atoms with Crippen molar-refractivity contribution in [1.29, 1.82) is 0 Å². The lowest BCUT2D eigenvalue weighted by Gasteiger charge is -2.13. The normalized spacial score (nSPS) is 21.4. The summed E-state index contributed by atoms with van der Waals surface area (Å²) in [6.07, 6.45) is 4.44. The van der Waals surface area contributed by atoms with Gasteiger partial charge in [-0.1, -0.05) is 6.92 Å². The zero-order chi connectivity index (χ0) is 9.97. The monoisotopic (exact) mass is 194 g/mol. The van der Waals surface area contributed by atoms with Crippen molar-refractivity contribution in [2.75, 3.05) is 6.54 Å². The molecule has 1 N–H and O–H groups in total. The van der Waals surface area contributed by atoms with Gasteiger partial charge in [-0.2, -0.15) is 0 Å². The number of halogens is 1. The first-order valence-electron chi connectivity index (χ1n) is 5.19. The number of rotatable bonds is 2. The number of nitrogens with zero attached hydrogens (tertiary/aromatic N) is 1. The van der Waals surface area contributed by atoms with Gasteiger partial charge in [0.25, 0.3) is 0 Å². The van der Waals surface area contributed by atoms with Gasteiger partial charge < -0.3 is 5.32 Å². The fraction of sp³-hybridized carbons (Fsp3) is 0.545. The van der Waals surface area contributed by atoms with Crippen molar-refractivity contribution in [3.8, 4) is 0 Å². The SMILES string of the molecule is CCc1ncc(F)cc1[C@H]1CCCN1. The Morgan fingerprint density at radius 1 is 1.64 bits per heavy atom. The second-order valence-electron chi connectivity index (χ2n) is 3.69. The third kappa shape index (κ3) is 1.77. The molecule has 1 aliphatic heterocycles. The highest BCUT2D eigenvalue weighted by molar-refractivity contribution is 5.25. The Hall–Kier alpha value is -0.960. The van der Waals surface area contributed by atoms with Crippen LogP contribution in [0.15, 0.2) is 12.3 Å². The highest BCUT2D eigenvalue weighted by Crippen LogP contribution is 2.25. The van der Waals surface area contributed by atoms with Gasteiger partial charge in [-0.15, -0.1) is 0 Å². The molecule has 1 aromatic rings. The van der Waals surface area contributed by atoms with Crippen molar-refractivity contribution in [1.82, 2.24) is 10.3 Å². The van der Waals surface area contributed by atoms with Crippen LogP contribution in [-0.4, -0.2) is 11.5 Å². The quantitative estimate of drug-likeness (QED) is 0.780. The minimum Gasteiger partial charge on any atom is -0.310 e. The molecule has 1 aromatic heterocycles. The first-order valence-corrected chi connectivity index (χ1v) is 5.19. The standard InChI is InChI=1S/C11H15FN2/c1-2-10-9(6-8(12)7-14-10)11-4-3-5-13-11/h6-7,11,13H,2-5H2,1H3/t11-/m1/s1. The summed E-state index contributed by atoms with van der Waals surface area (Å²) in [6, 6.07) is 1.93. The van der Waals surface area contributed by atoms with Crippen LogP contribution >= 0.6 is 0 Å². The molecular weight excluding hydrogens is 179 g/mol. The molecule has 0 aliphatic carbocycles. The number of pyridine rings is 1. The Morgan fingerprint density at radius 2 is 2.50 bits per heavy atom. The Balaban J connectivity index is 2.33. The van der Waals surface area contributed by atoms with Crippen LogP contribution in [0.1, 0.15) is 37.1 Å². The number of hydrogen-bond acceptors (Lipinski definition) is 2. The van der Waals surface area contributed by atoms with Gasteiger partial charge in [0.05, 0.1) is 6.20 Å². The third-order valence-electron chi connectivity index (χ3n) is 2.74. The van der Waals surface area contributed by atoms with Crippen LogP contribution in [0, 0.1) is 5.82 Å². The lowest BCUT2D eigenvalue weighted by Crippen LogP contribution is -2.15. The molecule has 76 valence electrons. The lowest BCUT2D eigenvalue weighted by molar-refractivity contribution is 0.591. The fourth-order valence-corrected chi connectivity index (χ4v) is 2.03. The summed E-state index contributed by atoms with van der Waals surface area (Å²) in [5, 5.41) is 3.37. The predicted molar refractivity (Wildman–Crippen MR) is 53.6 cm³/mol. The van der Waals surface area contributed by atoms with Crippen LogP contribution in [-0.2, 0) is 6.42 Å². The average molecular weight is 194 g/mol. The minimum atomic E-state index is -0.231. The molecule has 2 nitrogen and oxygen atoms in total. The summed E-state index contributed by atoms with van der Waals surface area (Å²) < 4.78 is 13.0. The summed E-state index contributed by atoms with van der Waals surface area (Å²) in [7, 11) is 0. The molecule has 0 radical (unpaired) electrons. The molecule has 0 bridgehead atoms. The molecule has 1 atom stereocenters. The van der Waals surface area contributed by atoms with E-state index in [9.17, 15) is 4.39 Å². The van der Waals surface area contributed by atoms with Gasteiger partial charge in [-0.3, -0.25) is 4.98 Å². The van der Waals surface area contributed by atoms with Crippen molar-refractivity contribution >= 4 is 0 Å². The van der Waals surface area contributed by atoms with Crippen molar-refractivity contribution in [3.63, 3.8) is 0 Å². The van der Waals surface area contributed by atoms with Crippen molar-refractivity contribution in [3.05, 3.63) is 29.3 Å². The van der Waals surface area contributed by atoms with E-state index in [0.29, 0.717) is 6.04 Å². The van der Waals surface area contributed by atoms with E-state index < -0.39 is 0 Å². The maximum atomic E-state index is 13.0. The topological polar surface area (TPSA) is 24.9 Å². The summed E-state index contributed by atoms with van der Waals surface area (Å²) in [4.78, 5) is 4.13. The molecule has 0 spiro atoms. The van der Waals surface area contributed by atoms with Crippen LogP contribution in [0.2, 0.25) is 0 Å². The van der Waals surface area contributed by atoms with Crippen molar-refractivity contribution in [2.45, 2.75) is 32.2 Å². The van der Waals surface area contributed by atoms with E-state index >= 15 is 0 Å². The van der Waals surface area contributed by atoms with Gasteiger partial charge in [-0.25, -0.2) is 4.39 Å². The number of hydrogen-bond donors (Lipinski definition) is 1. The van der Waals surface area contributed by atoms with Crippen molar-refractivity contribution in [2.24, 2.45) is 0 Å². The first kappa shape index (κ1) is 9.59. The average Bonchev–Trinajstić information content (AvgIpc) is 2.70. The lowest BCUT2D eigenvalue weighted by atomic mass is 10.0. The van der Waals surface area contributed by atoms with Gasteiger partial charge in [0.2, 0.25) is 0 Å². The third-order valence-corrected chi connectivity index (χ3v) is 2.74. The molecular formula is C11H15FN2. The van der Waals surface area contributed by atoms with E-state index in [1.807, 2.05) is 0 Å². The van der Waals surface area contributed by atoms with E-state index in [0.717, 1.165) is 30.6 Å². The number of aromatic nitrogens is 1. The van der Waals surface area contributed by atoms with E-state index in [4.69, 9.17) is 0 Å². The fourth-order valence-electron chi connectivity index (χ4n) is 2.03. The second kappa shape index (κ2) is 4.05. The number of nitrogens with one attached hydrogen (secondary N) is 1. The van der Waals surface area contributed by atoms with Gasteiger partial charge >= 0.3 is 0 Å². The molecule has 14 heavy (non-hydrogen) atoms. The number of aryl methyl sites for hydroxylation is 1. The minimum absolute atomic E-state index is 0.231. The Labute approximate surface area is 83.6 Å². The van der Waals surface area contributed by atoms with Crippen LogP contribution in [0.25, 0.3) is 0 Å². The molecule has 3 heteroatoms. The molecule has 1 saturated heterocycles. The zero-order valence-corrected chi connectivity index (χ0v) is 8.39. The molecule has 0 saturated carbocycles. The molecule has 2 heterocycles.